The van der Waals surface area contributed by atoms with Gasteiger partial charge in [-0.05, 0) is 69.7 Å². The van der Waals surface area contributed by atoms with Crippen molar-refractivity contribution in [2.75, 3.05) is 0 Å². The van der Waals surface area contributed by atoms with Gasteiger partial charge in [0.1, 0.15) is 17.2 Å². The third-order valence-electron chi connectivity index (χ3n) is 6.08. The maximum atomic E-state index is 11.0. The molecule has 0 saturated carbocycles. The van der Waals surface area contributed by atoms with Gasteiger partial charge in [0.15, 0.2) is 0 Å². The van der Waals surface area contributed by atoms with Gasteiger partial charge in [0.2, 0.25) is 0 Å². The van der Waals surface area contributed by atoms with Crippen LogP contribution in [0.25, 0.3) is 0 Å². The van der Waals surface area contributed by atoms with Crippen molar-refractivity contribution in [3.05, 3.63) is 86.5 Å². The van der Waals surface area contributed by atoms with Crippen LogP contribution in [0.2, 0.25) is 0 Å². The van der Waals surface area contributed by atoms with Crippen molar-refractivity contribution in [2.45, 2.75) is 60.3 Å². The molecule has 3 rings (SSSR count). The first-order chi connectivity index (χ1) is 14.0. The molecule has 0 bridgehead atoms. The van der Waals surface area contributed by atoms with Gasteiger partial charge >= 0.3 is 0 Å². The van der Waals surface area contributed by atoms with Gasteiger partial charge in [-0.2, -0.15) is 0 Å². The fourth-order valence-electron chi connectivity index (χ4n) is 4.69. The highest BCUT2D eigenvalue weighted by Crippen LogP contribution is 2.48. The highest BCUT2D eigenvalue weighted by atomic mass is 16.3. The zero-order valence-corrected chi connectivity index (χ0v) is 19.0. The molecule has 0 aliphatic rings. The molecule has 1 atom stereocenters. The predicted octanol–water partition coefficient (Wildman–Crippen LogP) is 6.59. The summed E-state index contributed by atoms with van der Waals surface area (Å²) >= 11 is 0. The topological polar surface area (TPSA) is 60.7 Å². The maximum Gasteiger partial charge on any atom is 0.122 e. The quantitative estimate of drug-likeness (QED) is 0.460. The molecule has 3 aromatic rings. The Hall–Kier alpha value is -2.94. The number of phenolic OH excluding ortho intramolecular Hbond substituents is 3. The third-order valence-corrected chi connectivity index (χ3v) is 6.08. The molecular weight excluding hydrogens is 372 g/mol. The summed E-state index contributed by atoms with van der Waals surface area (Å²) in [6, 6.07) is 11.8. The Kier molecular flexibility index (Phi) is 5.85. The number of benzene rings is 3. The SMILES string of the molecule is Cc1cc(C)c(O)c(C(C)C(c2cc(C)cc(C)c2O)c2cc(C)cc(C)c2O)c1. The van der Waals surface area contributed by atoms with Crippen LogP contribution < -0.4 is 0 Å². The second-order valence-electron chi connectivity index (χ2n) is 8.83. The van der Waals surface area contributed by atoms with Crippen molar-refractivity contribution in [2.24, 2.45) is 0 Å². The molecule has 0 radical (unpaired) electrons. The Morgan fingerprint density at radius 1 is 0.500 bits per heavy atom. The van der Waals surface area contributed by atoms with Gasteiger partial charge in [0, 0.05) is 17.0 Å². The van der Waals surface area contributed by atoms with Crippen molar-refractivity contribution >= 4 is 0 Å². The lowest BCUT2D eigenvalue weighted by Gasteiger charge is -2.29. The molecule has 3 heteroatoms. The molecular formula is C27H32O3. The number of hydrogen-bond acceptors (Lipinski definition) is 3. The zero-order valence-electron chi connectivity index (χ0n) is 19.0. The average Bonchev–Trinajstić information content (AvgIpc) is 2.65. The van der Waals surface area contributed by atoms with Crippen LogP contribution in [0.5, 0.6) is 17.2 Å². The van der Waals surface area contributed by atoms with E-state index in [4.69, 9.17) is 0 Å². The highest BCUT2D eigenvalue weighted by molar-refractivity contribution is 5.56. The van der Waals surface area contributed by atoms with Gasteiger partial charge in [0.05, 0.1) is 0 Å². The van der Waals surface area contributed by atoms with Crippen LogP contribution in [0.1, 0.15) is 68.8 Å². The van der Waals surface area contributed by atoms with E-state index in [0.29, 0.717) is 0 Å². The van der Waals surface area contributed by atoms with Crippen molar-refractivity contribution in [3.63, 3.8) is 0 Å². The predicted molar refractivity (Wildman–Crippen MR) is 123 cm³/mol. The molecule has 158 valence electrons. The van der Waals surface area contributed by atoms with Crippen LogP contribution in [0, 0.1) is 41.5 Å². The van der Waals surface area contributed by atoms with E-state index in [0.717, 1.165) is 50.1 Å². The van der Waals surface area contributed by atoms with Gasteiger partial charge in [-0.15, -0.1) is 0 Å². The molecule has 0 heterocycles. The van der Waals surface area contributed by atoms with Gasteiger partial charge < -0.3 is 15.3 Å². The number of aromatic hydroxyl groups is 3. The summed E-state index contributed by atoms with van der Waals surface area (Å²) in [4.78, 5) is 0. The minimum absolute atomic E-state index is 0.178. The van der Waals surface area contributed by atoms with Gasteiger partial charge in [0.25, 0.3) is 0 Å². The van der Waals surface area contributed by atoms with Crippen molar-refractivity contribution in [1.29, 1.82) is 0 Å². The van der Waals surface area contributed by atoms with Crippen LogP contribution in [-0.2, 0) is 0 Å². The normalized spacial score (nSPS) is 12.4. The Morgan fingerprint density at radius 3 is 1.17 bits per heavy atom. The second kappa shape index (κ2) is 8.06. The average molecular weight is 405 g/mol. The van der Waals surface area contributed by atoms with Gasteiger partial charge in [-0.25, -0.2) is 0 Å². The second-order valence-corrected chi connectivity index (χ2v) is 8.83. The Labute approximate surface area is 179 Å². The molecule has 0 aromatic heterocycles. The molecule has 3 aromatic carbocycles. The maximum absolute atomic E-state index is 11.0. The monoisotopic (exact) mass is 404 g/mol. The van der Waals surface area contributed by atoms with Crippen LogP contribution in [-0.4, -0.2) is 15.3 Å². The van der Waals surface area contributed by atoms with Crippen LogP contribution >= 0.6 is 0 Å². The van der Waals surface area contributed by atoms with Crippen LogP contribution in [0.4, 0.5) is 0 Å². The van der Waals surface area contributed by atoms with Crippen LogP contribution in [0.3, 0.4) is 0 Å². The molecule has 3 N–H and O–H groups in total. The largest absolute Gasteiger partial charge is 0.507 e. The standard InChI is InChI=1S/C27H32O3/c1-14-8-17(4)25(28)21(11-14)20(7)24(22-12-15(2)9-18(5)26(22)29)23-13-16(3)10-19(6)27(23)30/h8-13,20,24,28-30H,1-7H3. The number of hydrogen-bond donors (Lipinski definition) is 3. The van der Waals surface area contributed by atoms with E-state index >= 15 is 0 Å². The molecule has 0 amide bonds. The van der Waals surface area contributed by atoms with Crippen LogP contribution in [0.15, 0.2) is 36.4 Å². The molecule has 1 unspecified atom stereocenters. The third kappa shape index (κ3) is 3.89. The molecule has 3 nitrogen and oxygen atoms in total. The summed E-state index contributed by atoms with van der Waals surface area (Å²) in [5.74, 6) is 0.239. The van der Waals surface area contributed by atoms with E-state index in [1.165, 1.54) is 0 Å². The molecule has 0 fully saturated rings. The molecule has 0 aliphatic carbocycles. The van der Waals surface area contributed by atoms with Crippen molar-refractivity contribution < 1.29 is 15.3 Å². The van der Waals surface area contributed by atoms with E-state index in [9.17, 15) is 15.3 Å². The van der Waals surface area contributed by atoms with Crippen molar-refractivity contribution in [3.8, 4) is 17.2 Å². The first-order valence-corrected chi connectivity index (χ1v) is 10.4. The fraction of sp³-hybridized carbons (Fsp3) is 0.333. The van der Waals surface area contributed by atoms with E-state index in [2.05, 4.69) is 0 Å². The number of phenols is 3. The summed E-state index contributed by atoms with van der Waals surface area (Å²) in [6.45, 7) is 13.8. The summed E-state index contributed by atoms with van der Waals surface area (Å²) < 4.78 is 0. The molecule has 0 aliphatic heterocycles. The fourth-order valence-corrected chi connectivity index (χ4v) is 4.69. The van der Waals surface area contributed by atoms with Gasteiger partial charge in [-0.1, -0.05) is 60.0 Å². The summed E-state index contributed by atoms with van der Waals surface area (Å²) in [5, 5.41) is 32.9. The smallest absolute Gasteiger partial charge is 0.122 e. The lowest BCUT2D eigenvalue weighted by atomic mass is 9.75. The van der Waals surface area contributed by atoms with E-state index < -0.39 is 0 Å². The Morgan fingerprint density at radius 2 is 0.800 bits per heavy atom. The lowest BCUT2D eigenvalue weighted by Crippen LogP contribution is -2.13. The number of aryl methyl sites for hydroxylation is 6. The minimum atomic E-state index is -0.325. The first kappa shape index (κ1) is 21.8. The molecule has 0 spiro atoms. The zero-order chi connectivity index (χ0) is 22.3. The van der Waals surface area contributed by atoms with E-state index in [1.807, 2.05) is 84.9 Å². The minimum Gasteiger partial charge on any atom is -0.507 e. The number of rotatable bonds is 4. The summed E-state index contributed by atoms with van der Waals surface area (Å²) in [6.07, 6.45) is 0. The molecule has 0 saturated heterocycles. The Balaban J connectivity index is 2.35. The van der Waals surface area contributed by atoms with E-state index in [1.54, 1.807) is 0 Å². The lowest BCUT2D eigenvalue weighted by molar-refractivity contribution is 0.432. The van der Waals surface area contributed by atoms with E-state index in [-0.39, 0.29) is 29.1 Å². The molecule has 30 heavy (non-hydrogen) atoms. The Bertz CT molecular complexity index is 1050. The highest BCUT2D eigenvalue weighted by Gasteiger charge is 2.31. The summed E-state index contributed by atoms with van der Waals surface area (Å²) in [5.41, 5.74) is 7.93. The van der Waals surface area contributed by atoms with Gasteiger partial charge in [-0.3, -0.25) is 0 Å². The summed E-state index contributed by atoms with van der Waals surface area (Å²) in [7, 11) is 0. The first-order valence-electron chi connectivity index (χ1n) is 10.4. The van der Waals surface area contributed by atoms with Crippen molar-refractivity contribution in [1.82, 2.24) is 0 Å².